The van der Waals surface area contributed by atoms with Crippen molar-refractivity contribution in [2.45, 2.75) is 82.8 Å². The van der Waals surface area contributed by atoms with Crippen LogP contribution >= 0.6 is 0 Å². The second-order valence-corrected chi connectivity index (χ2v) is 13.0. The molecule has 1 aromatic carbocycles. The van der Waals surface area contributed by atoms with Crippen LogP contribution in [-0.2, 0) is 17.4 Å². The van der Waals surface area contributed by atoms with E-state index in [-0.39, 0.29) is 45.1 Å². The molecule has 0 spiro atoms. The minimum Gasteiger partial charge on any atom is -0.246 e. The Labute approximate surface area is 199 Å². The van der Waals surface area contributed by atoms with E-state index in [1.54, 1.807) is 4.57 Å². The minimum atomic E-state index is -0.609. The molecule has 9 rings (SSSR count). The van der Waals surface area contributed by atoms with Gasteiger partial charge in [0.2, 0.25) is 0 Å². The molecule has 0 unspecified atom stereocenters. The summed E-state index contributed by atoms with van der Waals surface area (Å²) in [5.41, 5.74) is 1.59. The van der Waals surface area contributed by atoms with Crippen molar-refractivity contribution >= 4 is 0 Å². The summed E-state index contributed by atoms with van der Waals surface area (Å²) >= 11 is 0. The van der Waals surface area contributed by atoms with E-state index in [9.17, 15) is 9.59 Å². The molecule has 34 heavy (non-hydrogen) atoms. The molecule has 2 saturated carbocycles. The van der Waals surface area contributed by atoms with E-state index in [1.807, 2.05) is 9.36 Å². The van der Waals surface area contributed by atoms with Crippen LogP contribution in [-0.4, -0.2) is 13.9 Å². The zero-order chi connectivity index (χ0) is 23.5. The van der Waals surface area contributed by atoms with Gasteiger partial charge < -0.3 is 0 Å². The Morgan fingerprint density at radius 2 is 1.74 bits per heavy atom. The molecule has 0 amide bonds. The maximum Gasteiger partial charge on any atom is 0.348 e. The molecule has 0 radical (unpaired) electrons. The van der Waals surface area contributed by atoms with Crippen LogP contribution < -0.4 is 11.4 Å². The number of hydrogen-bond acceptors (Lipinski definition) is 2. The van der Waals surface area contributed by atoms with Crippen molar-refractivity contribution < 1.29 is 0 Å². The average Bonchev–Trinajstić information content (AvgIpc) is 3.26. The molecular formula is C29H33N3O2. The number of aromatic nitrogens is 3. The van der Waals surface area contributed by atoms with Gasteiger partial charge in [0.15, 0.2) is 0 Å². The lowest BCUT2D eigenvalue weighted by Gasteiger charge is -2.71. The highest BCUT2D eigenvalue weighted by Gasteiger charge is 2.74. The predicted octanol–water partition coefficient (Wildman–Crippen LogP) is 4.48. The number of aryl methyl sites for hydroxylation is 1. The van der Waals surface area contributed by atoms with Crippen LogP contribution in [0.3, 0.4) is 0 Å². The van der Waals surface area contributed by atoms with Gasteiger partial charge in [-0.15, -0.1) is 0 Å². The SMILES string of the molecule is CC1(C)[C@H]2CC[C@@]1(C)[C@H](n1c(=O)n3n(c1=O)[C@@]1(C)C=C[C@H]3[C@]34C=C[C@]31c1ccccc1CC4)C2. The van der Waals surface area contributed by atoms with E-state index in [4.69, 9.17) is 0 Å². The van der Waals surface area contributed by atoms with E-state index < -0.39 is 5.54 Å². The molecule has 0 saturated heterocycles. The fraction of sp³-hybridized carbons (Fsp3) is 0.586. The summed E-state index contributed by atoms with van der Waals surface area (Å²) in [6, 6.07) is 8.62. The van der Waals surface area contributed by atoms with Gasteiger partial charge in [0.25, 0.3) is 0 Å². The summed E-state index contributed by atoms with van der Waals surface area (Å²) in [6.45, 7) is 9.21. The molecular weight excluding hydrogens is 422 g/mol. The molecule has 2 aromatic rings. The monoisotopic (exact) mass is 455 g/mol. The van der Waals surface area contributed by atoms with Gasteiger partial charge in [0.05, 0.1) is 17.0 Å². The maximum absolute atomic E-state index is 14.4. The van der Waals surface area contributed by atoms with Gasteiger partial charge in [-0.1, -0.05) is 69.3 Å². The average molecular weight is 456 g/mol. The summed E-state index contributed by atoms with van der Waals surface area (Å²) in [4.78, 5) is 28.6. The fourth-order valence-electron chi connectivity index (χ4n) is 10.0. The van der Waals surface area contributed by atoms with Crippen molar-refractivity contribution in [2.24, 2.45) is 22.2 Å². The summed E-state index contributed by atoms with van der Waals surface area (Å²) in [5.74, 6) is 0.575. The van der Waals surface area contributed by atoms with Crippen LogP contribution in [0.5, 0.6) is 0 Å². The number of benzene rings is 1. The van der Waals surface area contributed by atoms with E-state index in [1.165, 1.54) is 17.5 Å². The topological polar surface area (TPSA) is 48.9 Å². The number of fused-ring (bicyclic) bond motifs is 3. The van der Waals surface area contributed by atoms with Gasteiger partial charge >= 0.3 is 11.4 Å². The summed E-state index contributed by atoms with van der Waals surface area (Å²) in [6.07, 6.45) is 14.4. The number of allylic oxidation sites excluding steroid dienone is 4. The lowest BCUT2D eigenvalue weighted by atomic mass is 9.37. The lowest BCUT2D eigenvalue weighted by molar-refractivity contribution is -0.0557. The molecule has 4 bridgehead atoms. The fourth-order valence-corrected chi connectivity index (χ4v) is 10.0. The highest BCUT2D eigenvalue weighted by Crippen LogP contribution is 2.73. The van der Waals surface area contributed by atoms with Gasteiger partial charge in [-0.05, 0) is 66.9 Å². The van der Waals surface area contributed by atoms with Crippen LogP contribution in [0.1, 0.15) is 76.6 Å². The van der Waals surface area contributed by atoms with E-state index in [2.05, 4.69) is 76.3 Å². The van der Waals surface area contributed by atoms with Gasteiger partial charge in [0, 0.05) is 11.5 Å². The third-order valence-corrected chi connectivity index (χ3v) is 12.3. The smallest absolute Gasteiger partial charge is 0.246 e. The Hall–Kier alpha value is -2.56. The molecule has 2 fully saturated rings. The van der Waals surface area contributed by atoms with Crippen LogP contribution in [0.2, 0.25) is 0 Å². The molecule has 0 N–H and O–H groups in total. The Morgan fingerprint density at radius 1 is 0.941 bits per heavy atom. The van der Waals surface area contributed by atoms with Gasteiger partial charge in [0.1, 0.15) is 0 Å². The number of hydrogen-bond donors (Lipinski definition) is 0. The maximum atomic E-state index is 14.4. The largest absolute Gasteiger partial charge is 0.348 e. The lowest BCUT2D eigenvalue weighted by Crippen LogP contribution is -2.74. The Kier molecular flexibility index (Phi) is 3.08. The molecule has 5 nitrogen and oxygen atoms in total. The highest BCUT2D eigenvalue weighted by atomic mass is 16.2. The quantitative estimate of drug-likeness (QED) is 0.596. The predicted molar refractivity (Wildman–Crippen MR) is 131 cm³/mol. The standard InChI is InChI=1S/C29H33N3O2/c1-25(2)19-10-12-26(25,3)22(17-19)30-23(33)31-21-11-13-27(4,32(31)24(30)34)29-16-15-28(21,29)14-9-18-7-5-6-8-20(18)29/h5-8,11,13,15-16,19,21-22H,9-10,12,14,17H2,1-4H3/t19-,21-,22+,26-,27-,28-,29+/m0/s1. The number of rotatable bonds is 1. The third kappa shape index (κ3) is 1.59. The molecule has 5 aliphatic carbocycles. The van der Waals surface area contributed by atoms with E-state index in [0.717, 1.165) is 25.7 Å². The summed E-state index contributed by atoms with van der Waals surface area (Å²) < 4.78 is 5.42. The molecule has 176 valence electrons. The molecule has 1 aromatic heterocycles. The van der Waals surface area contributed by atoms with Crippen LogP contribution in [0, 0.1) is 22.2 Å². The zero-order valence-electron chi connectivity index (χ0n) is 20.5. The van der Waals surface area contributed by atoms with Crippen LogP contribution in [0.25, 0.3) is 0 Å². The van der Waals surface area contributed by atoms with E-state index in [0.29, 0.717) is 5.92 Å². The third-order valence-electron chi connectivity index (χ3n) is 12.3. The van der Waals surface area contributed by atoms with Crippen LogP contribution in [0.15, 0.2) is 58.2 Å². The van der Waals surface area contributed by atoms with Crippen molar-refractivity contribution in [2.75, 3.05) is 0 Å². The molecule has 7 aliphatic rings. The summed E-state index contributed by atoms with van der Waals surface area (Å²) in [5, 5.41) is 0. The normalized spacial score (nSPS) is 45.5. The van der Waals surface area contributed by atoms with Crippen molar-refractivity contribution in [3.8, 4) is 0 Å². The first-order valence-electron chi connectivity index (χ1n) is 13.1. The Morgan fingerprint density at radius 3 is 2.41 bits per heavy atom. The Balaban J connectivity index is 1.42. The van der Waals surface area contributed by atoms with Crippen molar-refractivity contribution in [3.05, 3.63) is 80.7 Å². The van der Waals surface area contributed by atoms with Gasteiger partial charge in [-0.25, -0.2) is 23.5 Å². The minimum absolute atomic E-state index is 0.0234. The van der Waals surface area contributed by atoms with Crippen molar-refractivity contribution in [1.82, 2.24) is 13.9 Å². The van der Waals surface area contributed by atoms with Gasteiger partial charge in [-0.2, -0.15) is 0 Å². The van der Waals surface area contributed by atoms with E-state index >= 15 is 0 Å². The highest BCUT2D eigenvalue weighted by molar-refractivity contribution is 5.59. The molecule has 7 atom stereocenters. The number of nitrogens with zero attached hydrogens (tertiary/aromatic N) is 3. The van der Waals surface area contributed by atoms with Crippen LogP contribution in [0.4, 0.5) is 0 Å². The summed E-state index contributed by atoms with van der Waals surface area (Å²) in [7, 11) is 0. The van der Waals surface area contributed by atoms with Crippen molar-refractivity contribution in [1.29, 1.82) is 0 Å². The first-order valence-corrected chi connectivity index (χ1v) is 13.1. The molecule has 2 aliphatic heterocycles. The molecule has 3 heterocycles. The molecule has 5 heteroatoms. The first-order chi connectivity index (χ1) is 16.1. The second kappa shape index (κ2) is 5.32. The Bertz CT molecular complexity index is 1490. The zero-order valence-corrected chi connectivity index (χ0v) is 20.5. The first kappa shape index (κ1) is 19.7. The second-order valence-electron chi connectivity index (χ2n) is 13.0. The van der Waals surface area contributed by atoms with Crippen molar-refractivity contribution in [3.63, 3.8) is 0 Å². The van der Waals surface area contributed by atoms with Gasteiger partial charge in [-0.3, -0.25) is 0 Å².